The van der Waals surface area contributed by atoms with E-state index < -0.39 is 0 Å². The quantitative estimate of drug-likeness (QED) is 0.886. The van der Waals surface area contributed by atoms with E-state index in [1.54, 1.807) is 0 Å². The highest BCUT2D eigenvalue weighted by Crippen LogP contribution is 2.39. The molecule has 2 unspecified atom stereocenters. The van der Waals surface area contributed by atoms with Gasteiger partial charge in [0.15, 0.2) is 5.82 Å². The number of piperidine rings is 1. The minimum Gasteiger partial charge on any atom is -0.343 e. The highest BCUT2D eigenvalue weighted by molar-refractivity contribution is 6.04. The first kappa shape index (κ1) is 12.5. The average molecular weight is 262 g/mol. The van der Waals surface area contributed by atoms with E-state index in [2.05, 4.69) is 29.2 Å². The smallest absolute Gasteiger partial charge is 0.247 e. The lowest BCUT2D eigenvalue weighted by Crippen LogP contribution is -2.54. The second-order valence-corrected chi connectivity index (χ2v) is 5.77. The van der Waals surface area contributed by atoms with Crippen LogP contribution in [-0.2, 0) is 18.3 Å². The van der Waals surface area contributed by atoms with Crippen LogP contribution in [0.15, 0.2) is 0 Å². The molecule has 0 spiro atoms. The Morgan fingerprint density at radius 2 is 2.26 bits per heavy atom. The van der Waals surface area contributed by atoms with Crippen molar-refractivity contribution in [2.75, 3.05) is 16.8 Å². The Bertz CT molecular complexity index is 508. The summed E-state index contributed by atoms with van der Waals surface area (Å²) in [5.74, 6) is 1.65. The first-order valence-corrected chi connectivity index (χ1v) is 7.26. The highest BCUT2D eigenvalue weighted by atomic mass is 16.2. The molecule has 5 nitrogen and oxygen atoms in total. The normalized spacial score (nSPS) is 25.8. The molecule has 1 aromatic heterocycles. The lowest BCUT2D eigenvalue weighted by atomic mass is 9.88. The van der Waals surface area contributed by atoms with Crippen LogP contribution in [0.3, 0.4) is 0 Å². The average Bonchev–Trinajstić information content (AvgIpc) is 2.67. The molecule has 2 aliphatic rings. The van der Waals surface area contributed by atoms with Gasteiger partial charge in [0.2, 0.25) is 5.91 Å². The molecule has 2 atom stereocenters. The summed E-state index contributed by atoms with van der Waals surface area (Å²) in [5.41, 5.74) is 1.96. The third-order valence-corrected chi connectivity index (χ3v) is 4.30. The molecule has 0 bridgehead atoms. The van der Waals surface area contributed by atoms with Crippen molar-refractivity contribution in [1.29, 1.82) is 0 Å². The van der Waals surface area contributed by atoms with E-state index in [9.17, 15) is 4.79 Å². The fraction of sp³-hybridized carbons (Fsp3) is 0.714. The van der Waals surface area contributed by atoms with E-state index in [0.717, 1.165) is 49.4 Å². The summed E-state index contributed by atoms with van der Waals surface area (Å²) in [5, 5.41) is 7.69. The Balaban J connectivity index is 2.06. The summed E-state index contributed by atoms with van der Waals surface area (Å²) in [6.07, 6.45) is 4.24. The number of rotatable bonds is 2. The van der Waals surface area contributed by atoms with Gasteiger partial charge in [0, 0.05) is 13.6 Å². The van der Waals surface area contributed by atoms with Crippen molar-refractivity contribution in [2.24, 2.45) is 13.0 Å². The van der Waals surface area contributed by atoms with Crippen LogP contribution in [-0.4, -0.2) is 28.3 Å². The van der Waals surface area contributed by atoms with Crippen molar-refractivity contribution in [2.45, 2.75) is 45.6 Å². The molecule has 1 fully saturated rings. The predicted octanol–water partition coefficient (Wildman–Crippen LogP) is 1.93. The van der Waals surface area contributed by atoms with Crippen molar-refractivity contribution in [3.63, 3.8) is 0 Å². The number of aromatic nitrogens is 2. The summed E-state index contributed by atoms with van der Waals surface area (Å²) >= 11 is 0. The second kappa shape index (κ2) is 4.54. The molecule has 1 saturated heterocycles. The van der Waals surface area contributed by atoms with Crippen LogP contribution in [0.5, 0.6) is 0 Å². The topological polar surface area (TPSA) is 50.2 Å². The number of hydrogen-bond donors (Lipinski definition) is 1. The van der Waals surface area contributed by atoms with Gasteiger partial charge in [-0.15, -0.1) is 0 Å². The van der Waals surface area contributed by atoms with Gasteiger partial charge < -0.3 is 10.2 Å². The molecule has 3 heterocycles. The molecule has 1 N–H and O–H groups in total. The van der Waals surface area contributed by atoms with Crippen LogP contribution in [0.25, 0.3) is 0 Å². The lowest BCUT2D eigenvalue weighted by Gasteiger charge is -2.43. The molecule has 104 valence electrons. The summed E-state index contributed by atoms with van der Waals surface area (Å²) in [4.78, 5) is 14.6. The van der Waals surface area contributed by atoms with E-state index >= 15 is 0 Å². The molecular weight excluding hydrogens is 240 g/mol. The Hall–Kier alpha value is -1.52. The van der Waals surface area contributed by atoms with Crippen molar-refractivity contribution in [3.8, 4) is 0 Å². The minimum absolute atomic E-state index is 0.0221. The maximum absolute atomic E-state index is 12.4. The van der Waals surface area contributed by atoms with Crippen LogP contribution in [0.4, 0.5) is 11.5 Å². The molecule has 1 amide bonds. The molecule has 3 rings (SSSR count). The number of carbonyl (C=O) groups excluding carboxylic acids is 1. The number of hydrogen-bond acceptors (Lipinski definition) is 3. The largest absolute Gasteiger partial charge is 0.343 e. The minimum atomic E-state index is -0.0221. The third-order valence-electron chi connectivity index (χ3n) is 4.30. The van der Waals surface area contributed by atoms with Crippen LogP contribution in [0.1, 0.15) is 38.8 Å². The first-order chi connectivity index (χ1) is 9.13. The van der Waals surface area contributed by atoms with Crippen LogP contribution >= 0.6 is 0 Å². The van der Waals surface area contributed by atoms with Crippen molar-refractivity contribution >= 4 is 17.4 Å². The summed E-state index contributed by atoms with van der Waals surface area (Å²) in [7, 11) is 1.98. The van der Waals surface area contributed by atoms with E-state index in [1.807, 2.05) is 11.7 Å². The molecule has 0 radical (unpaired) electrons. The van der Waals surface area contributed by atoms with Gasteiger partial charge in [-0.05, 0) is 25.2 Å². The fourth-order valence-corrected chi connectivity index (χ4v) is 3.46. The van der Waals surface area contributed by atoms with Crippen molar-refractivity contribution in [1.82, 2.24) is 9.78 Å². The van der Waals surface area contributed by atoms with Gasteiger partial charge in [-0.1, -0.05) is 20.3 Å². The lowest BCUT2D eigenvalue weighted by molar-refractivity contribution is -0.119. The van der Waals surface area contributed by atoms with E-state index in [-0.39, 0.29) is 11.9 Å². The number of aryl methyl sites for hydroxylation is 2. The Labute approximate surface area is 114 Å². The van der Waals surface area contributed by atoms with Gasteiger partial charge in [0.05, 0.1) is 5.69 Å². The van der Waals surface area contributed by atoms with Gasteiger partial charge in [-0.2, -0.15) is 5.10 Å². The zero-order valence-corrected chi connectivity index (χ0v) is 11.9. The number of nitrogens with zero attached hydrogens (tertiary/aromatic N) is 3. The summed E-state index contributed by atoms with van der Waals surface area (Å²) in [6.45, 7) is 5.27. The molecule has 0 aliphatic carbocycles. The predicted molar refractivity (Wildman–Crippen MR) is 75.4 cm³/mol. The number of carbonyl (C=O) groups is 1. The van der Waals surface area contributed by atoms with Gasteiger partial charge in [0.25, 0.3) is 0 Å². The Morgan fingerprint density at radius 3 is 3.00 bits per heavy atom. The maximum Gasteiger partial charge on any atom is 0.247 e. The van der Waals surface area contributed by atoms with Crippen molar-refractivity contribution < 1.29 is 4.79 Å². The third kappa shape index (κ3) is 1.83. The fourth-order valence-electron chi connectivity index (χ4n) is 3.46. The summed E-state index contributed by atoms with van der Waals surface area (Å²) < 4.78 is 1.94. The standard InChI is InChI=1S/C14H22N4O/c1-4-6-10-11-14(17(3)16-10)18-8-5-7-9(2)12(18)13(19)15-11/h9,12H,4-8H2,1-3H3,(H,15,19). The SMILES string of the molecule is CCCc1nn(C)c2c1NC(=O)C1C(C)CCCN21. The molecular formula is C14H22N4O. The molecule has 0 saturated carbocycles. The Morgan fingerprint density at radius 1 is 1.47 bits per heavy atom. The molecule has 5 heteroatoms. The van der Waals surface area contributed by atoms with Gasteiger partial charge >= 0.3 is 0 Å². The first-order valence-electron chi connectivity index (χ1n) is 7.26. The van der Waals surface area contributed by atoms with E-state index in [0.29, 0.717) is 5.92 Å². The van der Waals surface area contributed by atoms with Crippen molar-refractivity contribution in [3.05, 3.63) is 5.69 Å². The Kier molecular flexibility index (Phi) is 2.99. The molecule has 2 aliphatic heterocycles. The highest BCUT2D eigenvalue weighted by Gasteiger charge is 2.41. The number of fused-ring (bicyclic) bond motifs is 3. The second-order valence-electron chi connectivity index (χ2n) is 5.77. The van der Waals surface area contributed by atoms with Gasteiger partial charge in [0.1, 0.15) is 11.7 Å². The van der Waals surface area contributed by atoms with Crippen LogP contribution < -0.4 is 10.2 Å². The zero-order chi connectivity index (χ0) is 13.6. The monoisotopic (exact) mass is 262 g/mol. The van der Waals surface area contributed by atoms with Crippen LogP contribution in [0.2, 0.25) is 0 Å². The number of nitrogens with one attached hydrogen (secondary N) is 1. The molecule has 0 aromatic carbocycles. The number of amides is 1. The van der Waals surface area contributed by atoms with Crippen LogP contribution in [0, 0.1) is 5.92 Å². The summed E-state index contributed by atoms with van der Waals surface area (Å²) in [6, 6.07) is -0.0221. The molecule has 19 heavy (non-hydrogen) atoms. The number of anilines is 2. The van der Waals surface area contributed by atoms with Gasteiger partial charge in [-0.3, -0.25) is 9.48 Å². The van der Waals surface area contributed by atoms with E-state index in [4.69, 9.17) is 0 Å². The molecule has 1 aromatic rings. The zero-order valence-electron chi connectivity index (χ0n) is 11.9. The maximum atomic E-state index is 12.4. The van der Waals surface area contributed by atoms with E-state index in [1.165, 1.54) is 0 Å². The van der Waals surface area contributed by atoms with Gasteiger partial charge in [-0.25, -0.2) is 0 Å².